The molecule has 0 saturated carbocycles. The number of carboxylic acid groups (broad SMARTS) is 1. The maximum atomic E-state index is 13.0. The van der Waals surface area contributed by atoms with Crippen LogP contribution in [0.2, 0.25) is 0 Å². The zero-order valence-corrected chi connectivity index (χ0v) is 11.7. The van der Waals surface area contributed by atoms with Gasteiger partial charge in [-0.1, -0.05) is 13.8 Å². The second-order valence-corrected chi connectivity index (χ2v) is 5.30. The van der Waals surface area contributed by atoms with E-state index in [1.54, 1.807) is 13.8 Å². The molecule has 2 N–H and O–H groups in total. The van der Waals surface area contributed by atoms with Crippen LogP contribution < -0.4 is 10.1 Å². The highest BCUT2D eigenvalue weighted by Crippen LogP contribution is 2.28. The predicted octanol–water partition coefficient (Wildman–Crippen LogP) is 2.66. The lowest BCUT2D eigenvalue weighted by molar-refractivity contribution is -0.139. The van der Waals surface area contributed by atoms with Gasteiger partial charge in [-0.3, -0.25) is 9.59 Å². The monoisotopic (exact) mass is 283 g/mol. The normalized spacial score (nSPS) is 11.0. The molecule has 0 aliphatic rings. The number of amides is 1. The molecule has 0 bridgehead atoms. The Morgan fingerprint density at radius 3 is 2.55 bits per heavy atom. The van der Waals surface area contributed by atoms with Crippen molar-refractivity contribution in [3.05, 3.63) is 24.0 Å². The van der Waals surface area contributed by atoms with E-state index in [4.69, 9.17) is 9.84 Å². The zero-order valence-electron chi connectivity index (χ0n) is 11.7. The van der Waals surface area contributed by atoms with E-state index in [0.717, 1.165) is 6.07 Å². The number of carbonyl (C=O) groups excluding carboxylic acids is 1. The van der Waals surface area contributed by atoms with E-state index in [-0.39, 0.29) is 24.5 Å². The molecule has 0 fully saturated rings. The summed E-state index contributed by atoms with van der Waals surface area (Å²) < 4.78 is 18.0. The van der Waals surface area contributed by atoms with E-state index in [1.165, 1.54) is 19.2 Å². The molecule has 1 rings (SSSR count). The van der Waals surface area contributed by atoms with Crippen LogP contribution in [0.1, 0.15) is 26.7 Å². The second kappa shape index (κ2) is 6.36. The Hall–Kier alpha value is -2.11. The molecule has 5 nitrogen and oxygen atoms in total. The fraction of sp³-hybridized carbons (Fsp3) is 0.429. The molecule has 0 aromatic heterocycles. The molecule has 1 aromatic carbocycles. The molecule has 1 aromatic rings. The van der Waals surface area contributed by atoms with Crippen molar-refractivity contribution in [2.45, 2.75) is 26.7 Å². The number of hydrogen-bond acceptors (Lipinski definition) is 3. The highest BCUT2D eigenvalue weighted by molar-refractivity contribution is 5.92. The fourth-order valence-corrected chi connectivity index (χ4v) is 1.87. The van der Waals surface area contributed by atoms with E-state index in [9.17, 15) is 14.0 Å². The molecule has 0 spiro atoms. The van der Waals surface area contributed by atoms with Crippen LogP contribution in [0.15, 0.2) is 18.2 Å². The highest BCUT2D eigenvalue weighted by atomic mass is 19.1. The molecule has 0 aliphatic carbocycles. The van der Waals surface area contributed by atoms with E-state index < -0.39 is 17.2 Å². The first kappa shape index (κ1) is 15.9. The third-order valence-corrected chi connectivity index (χ3v) is 2.71. The van der Waals surface area contributed by atoms with Crippen molar-refractivity contribution < 1.29 is 23.8 Å². The van der Waals surface area contributed by atoms with Crippen molar-refractivity contribution >= 4 is 17.6 Å². The molecule has 110 valence electrons. The van der Waals surface area contributed by atoms with Gasteiger partial charge in [-0.2, -0.15) is 0 Å². The standard InChI is InChI=1S/C14H18FNO4/c1-14(2,8-13(18)19)7-12(17)16-10-5-4-9(15)6-11(10)20-3/h4-6H,7-8H2,1-3H3,(H,16,17)(H,18,19). The molecule has 0 atom stereocenters. The van der Waals surface area contributed by atoms with Gasteiger partial charge >= 0.3 is 5.97 Å². The van der Waals surface area contributed by atoms with Crippen LogP contribution in [0.3, 0.4) is 0 Å². The van der Waals surface area contributed by atoms with Gasteiger partial charge in [0.05, 0.1) is 19.2 Å². The van der Waals surface area contributed by atoms with Crippen LogP contribution in [0.25, 0.3) is 0 Å². The first-order valence-corrected chi connectivity index (χ1v) is 6.09. The summed E-state index contributed by atoms with van der Waals surface area (Å²) in [4.78, 5) is 22.6. The number of carboxylic acids is 1. The lowest BCUT2D eigenvalue weighted by Crippen LogP contribution is -2.25. The van der Waals surface area contributed by atoms with E-state index >= 15 is 0 Å². The summed E-state index contributed by atoms with van der Waals surface area (Å²) in [6.45, 7) is 3.39. The summed E-state index contributed by atoms with van der Waals surface area (Å²) in [5.41, 5.74) is -0.312. The minimum atomic E-state index is -0.956. The number of halogens is 1. The van der Waals surface area contributed by atoms with Gasteiger partial charge in [0, 0.05) is 12.5 Å². The minimum absolute atomic E-state index is 0.0415. The average Bonchev–Trinajstić information content (AvgIpc) is 2.28. The van der Waals surface area contributed by atoms with Crippen molar-refractivity contribution in [2.24, 2.45) is 5.41 Å². The fourth-order valence-electron chi connectivity index (χ4n) is 1.87. The number of carbonyl (C=O) groups is 2. The SMILES string of the molecule is COc1cc(F)ccc1NC(=O)CC(C)(C)CC(=O)O. The molecule has 6 heteroatoms. The maximum Gasteiger partial charge on any atom is 0.303 e. The number of hydrogen-bond donors (Lipinski definition) is 2. The van der Waals surface area contributed by atoms with Crippen LogP contribution in [0.4, 0.5) is 10.1 Å². The van der Waals surface area contributed by atoms with E-state index in [2.05, 4.69) is 5.32 Å². The number of ether oxygens (including phenoxy) is 1. The first-order chi connectivity index (χ1) is 9.23. The third-order valence-electron chi connectivity index (χ3n) is 2.71. The maximum absolute atomic E-state index is 13.0. The number of benzene rings is 1. The van der Waals surface area contributed by atoms with Gasteiger partial charge in [-0.05, 0) is 17.5 Å². The van der Waals surface area contributed by atoms with Crippen LogP contribution in [0.5, 0.6) is 5.75 Å². The largest absolute Gasteiger partial charge is 0.494 e. The number of methoxy groups -OCH3 is 1. The first-order valence-electron chi connectivity index (χ1n) is 6.09. The summed E-state index contributed by atoms with van der Waals surface area (Å²) in [7, 11) is 1.37. The van der Waals surface area contributed by atoms with Crippen LogP contribution in [0, 0.1) is 11.2 Å². The number of anilines is 1. The molecule has 20 heavy (non-hydrogen) atoms. The number of nitrogens with one attached hydrogen (secondary N) is 1. The van der Waals surface area contributed by atoms with Gasteiger partial charge in [-0.25, -0.2) is 4.39 Å². The lowest BCUT2D eigenvalue weighted by Gasteiger charge is -2.21. The Kier molecular flexibility index (Phi) is 5.07. The Bertz CT molecular complexity index is 514. The lowest BCUT2D eigenvalue weighted by atomic mass is 9.85. The van der Waals surface area contributed by atoms with Crippen molar-refractivity contribution in [3.63, 3.8) is 0 Å². The number of aliphatic carboxylic acids is 1. The highest BCUT2D eigenvalue weighted by Gasteiger charge is 2.25. The molecular weight excluding hydrogens is 265 g/mol. The van der Waals surface area contributed by atoms with Crippen molar-refractivity contribution in [1.82, 2.24) is 0 Å². The Labute approximate surface area is 116 Å². The van der Waals surface area contributed by atoms with Crippen molar-refractivity contribution in [2.75, 3.05) is 12.4 Å². The van der Waals surface area contributed by atoms with Crippen LogP contribution in [-0.4, -0.2) is 24.1 Å². The minimum Gasteiger partial charge on any atom is -0.494 e. The van der Waals surface area contributed by atoms with Gasteiger partial charge in [0.15, 0.2) is 0 Å². The average molecular weight is 283 g/mol. The van der Waals surface area contributed by atoms with Gasteiger partial charge in [0.1, 0.15) is 11.6 Å². The van der Waals surface area contributed by atoms with Crippen LogP contribution >= 0.6 is 0 Å². The summed E-state index contributed by atoms with van der Waals surface area (Å²) in [6.07, 6.45) is -0.0686. The predicted molar refractivity (Wildman–Crippen MR) is 72.2 cm³/mol. The van der Waals surface area contributed by atoms with E-state index in [1.807, 2.05) is 0 Å². The Morgan fingerprint density at radius 1 is 1.35 bits per heavy atom. The van der Waals surface area contributed by atoms with Gasteiger partial charge in [0.25, 0.3) is 0 Å². The second-order valence-electron chi connectivity index (χ2n) is 5.30. The molecule has 1 amide bonds. The summed E-state index contributed by atoms with van der Waals surface area (Å²) >= 11 is 0. The topological polar surface area (TPSA) is 75.6 Å². The van der Waals surface area contributed by atoms with Crippen LogP contribution in [-0.2, 0) is 9.59 Å². The Morgan fingerprint density at radius 2 is 2.00 bits per heavy atom. The quantitative estimate of drug-likeness (QED) is 0.841. The molecule has 0 heterocycles. The van der Waals surface area contributed by atoms with Gasteiger partial charge < -0.3 is 15.2 Å². The Balaban J connectivity index is 2.74. The number of rotatable bonds is 6. The van der Waals surface area contributed by atoms with Gasteiger partial charge in [0.2, 0.25) is 5.91 Å². The zero-order chi connectivity index (χ0) is 15.3. The van der Waals surface area contributed by atoms with Crippen molar-refractivity contribution in [1.29, 1.82) is 0 Å². The molecule has 0 aliphatic heterocycles. The van der Waals surface area contributed by atoms with Gasteiger partial charge in [-0.15, -0.1) is 0 Å². The van der Waals surface area contributed by atoms with Crippen molar-refractivity contribution in [3.8, 4) is 5.75 Å². The molecule has 0 unspecified atom stereocenters. The molecule has 0 saturated heterocycles. The smallest absolute Gasteiger partial charge is 0.303 e. The summed E-state index contributed by atoms with van der Waals surface area (Å²) in [6, 6.07) is 3.77. The van der Waals surface area contributed by atoms with E-state index in [0.29, 0.717) is 5.69 Å². The summed E-state index contributed by atoms with van der Waals surface area (Å²) in [5, 5.41) is 11.4. The third kappa shape index (κ3) is 4.87. The molecule has 0 radical (unpaired) electrons. The summed E-state index contributed by atoms with van der Waals surface area (Å²) in [5.74, 6) is -1.55. The molecular formula is C14H18FNO4.